The average molecular weight is 479 g/mol. The highest BCUT2D eigenvalue weighted by Gasteiger charge is 2.21. The van der Waals surface area contributed by atoms with Gasteiger partial charge < -0.3 is 19.9 Å². The molecule has 26 heavy (non-hydrogen) atoms. The molecular formula is C18H34IN5O2. The molecule has 8 heteroatoms. The van der Waals surface area contributed by atoms with Crippen LogP contribution in [0.3, 0.4) is 0 Å². The lowest BCUT2D eigenvalue weighted by Crippen LogP contribution is -2.44. The first kappa shape index (κ1) is 23.1. The Morgan fingerprint density at radius 3 is 2.65 bits per heavy atom. The topological polar surface area (TPSA) is 84.6 Å². The molecule has 1 aromatic heterocycles. The van der Waals surface area contributed by atoms with Gasteiger partial charge in [0.25, 0.3) is 0 Å². The van der Waals surface area contributed by atoms with Gasteiger partial charge in [-0.25, -0.2) is 0 Å². The van der Waals surface area contributed by atoms with E-state index in [4.69, 9.17) is 9.26 Å². The maximum atomic E-state index is 5.47. The van der Waals surface area contributed by atoms with Gasteiger partial charge in [-0.3, -0.25) is 4.99 Å². The van der Waals surface area contributed by atoms with Gasteiger partial charge in [0.2, 0.25) is 5.89 Å². The van der Waals surface area contributed by atoms with Crippen molar-refractivity contribution in [3.63, 3.8) is 0 Å². The summed E-state index contributed by atoms with van der Waals surface area (Å²) in [5.41, 5.74) is 0. The summed E-state index contributed by atoms with van der Waals surface area (Å²) in [7, 11) is 1.79. The number of hydrogen-bond acceptors (Lipinski definition) is 5. The Balaban J connectivity index is 0.00000338. The summed E-state index contributed by atoms with van der Waals surface area (Å²) in [6, 6.07) is 0.496. The van der Waals surface area contributed by atoms with Crippen LogP contribution < -0.4 is 10.6 Å². The second kappa shape index (κ2) is 12.5. The molecule has 0 aromatic carbocycles. The van der Waals surface area contributed by atoms with Crippen LogP contribution in [0.4, 0.5) is 0 Å². The van der Waals surface area contributed by atoms with E-state index in [1.54, 1.807) is 7.05 Å². The molecule has 2 rings (SSSR count). The number of aromatic nitrogens is 2. The van der Waals surface area contributed by atoms with Crippen LogP contribution in [-0.2, 0) is 11.3 Å². The lowest BCUT2D eigenvalue weighted by Gasteiger charge is -2.29. The Morgan fingerprint density at radius 2 is 2.04 bits per heavy atom. The van der Waals surface area contributed by atoms with Gasteiger partial charge in [0.05, 0.1) is 6.54 Å². The van der Waals surface area contributed by atoms with Gasteiger partial charge in [0.1, 0.15) is 6.10 Å². The van der Waals surface area contributed by atoms with Crippen LogP contribution >= 0.6 is 24.0 Å². The van der Waals surface area contributed by atoms with E-state index in [0.717, 1.165) is 11.9 Å². The van der Waals surface area contributed by atoms with Crippen LogP contribution in [0, 0.1) is 5.92 Å². The zero-order chi connectivity index (χ0) is 18.1. The average Bonchev–Trinajstić information content (AvgIpc) is 3.09. The minimum absolute atomic E-state index is 0. The Kier molecular flexibility index (Phi) is 11.1. The molecule has 0 radical (unpaired) electrons. The molecule has 0 bridgehead atoms. The lowest BCUT2D eigenvalue weighted by atomic mass is 9.83. The second-order valence-corrected chi connectivity index (χ2v) is 6.72. The van der Waals surface area contributed by atoms with E-state index < -0.39 is 0 Å². The minimum Gasteiger partial charge on any atom is -0.371 e. The lowest BCUT2D eigenvalue weighted by molar-refractivity contribution is 0.0683. The number of rotatable bonds is 8. The van der Waals surface area contributed by atoms with Crippen molar-refractivity contribution in [3.8, 4) is 0 Å². The molecule has 1 aliphatic rings. The van der Waals surface area contributed by atoms with Crippen LogP contribution in [-0.4, -0.2) is 35.8 Å². The second-order valence-electron chi connectivity index (χ2n) is 6.72. The highest BCUT2D eigenvalue weighted by Crippen LogP contribution is 2.27. The summed E-state index contributed by atoms with van der Waals surface area (Å²) >= 11 is 0. The largest absolute Gasteiger partial charge is 0.371 e. The smallest absolute Gasteiger partial charge is 0.246 e. The Morgan fingerprint density at radius 1 is 1.31 bits per heavy atom. The van der Waals surface area contributed by atoms with Gasteiger partial charge in [-0.05, 0) is 45.4 Å². The number of ether oxygens (including phenoxy) is 1. The molecule has 7 nitrogen and oxygen atoms in total. The Bertz CT molecular complexity index is 529. The molecule has 2 N–H and O–H groups in total. The first-order chi connectivity index (χ1) is 12.2. The number of nitrogens with one attached hydrogen (secondary N) is 2. The van der Waals surface area contributed by atoms with Crippen molar-refractivity contribution < 1.29 is 9.26 Å². The fourth-order valence-electron chi connectivity index (χ4n) is 3.38. The summed E-state index contributed by atoms with van der Waals surface area (Å²) in [5, 5.41) is 10.7. The molecule has 0 saturated heterocycles. The monoisotopic (exact) mass is 479 g/mol. The number of hydrogen-bond donors (Lipinski definition) is 2. The molecule has 0 amide bonds. The number of nitrogens with zero attached hydrogens (tertiary/aromatic N) is 3. The van der Waals surface area contributed by atoms with Crippen LogP contribution in [0.2, 0.25) is 0 Å². The zero-order valence-corrected chi connectivity index (χ0v) is 18.8. The predicted octanol–water partition coefficient (Wildman–Crippen LogP) is 3.81. The third kappa shape index (κ3) is 7.38. The van der Waals surface area contributed by atoms with Gasteiger partial charge in [0, 0.05) is 19.7 Å². The van der Waals surface area contributed by atoms with Crippen LogP contribution in [0.25, 0.3) is 0 Å². The summed E-state index contributed by atoms with van der Waals surface area (Å²) < 4.78 is 10.7. The maximum Gasteiger partial charge on any atom is 0.246 e. The number of halogens is 1. The van der Waals surface area contributed by atoms with Crippen molar-refractivity contribution >= 4 is 29.9 Å². The van der Waals surface area contributed by atoms with E-state index in [1.165, 1.54) is 38.5 Å². The standard InChI is InChI=1S/C18H33N5O2.HI/c1-5-7-14-8-10-15(11-9-14)21-18(19-4)20-12-16-22-17(23-25-16)13(3)24-6-2;/h13-15H,5-12H2,1-4H3,(H2,19,20,21);1H. The van der Waals surface area contributed by atoms with E-state index in [1.807, 2.05) is 13.8 Å². The van der Waals surface area contributed by atoms with Crippen molar-refractivity contribution in [2.24, 2.45) is 10.9 Å². The summed E-state index contributed by atoms with van der Waals surface area (Å²) in [5.74, 6) is 2.81. The Labute approximate surface area is 174 Å². The van der Waals surface area contributed by atoms with Gasteiger partial charge in [-0.15, -0.1) is 24.0 Å². The predicted molar refractivity (Wildman–Crippen MR) is 114 cm³/mol. The van der Waals surface area contributed by atoms with Gasteiger partial charge >= 0.3 is 0 Å². The normalized spacial score (nSPS) is 21.8. The van der Waals surface area contributed by atoms with E-state index >= 15 is 0 Å². The van der Waals surface area contributed by atoms with Crippen molar-refractivity contribution in [2.45, 2.75) is 78.0 Å². The molecule has 1 unspecified atom stereocenters. The summed E-state index contributed by atoms with van der Waals surface area (Å²) in [6.07, 6.45) is 7.54. The molecule has 1 aliphatic carbocycles. The highest BCUT2D eigenvalue weighted by atomic mass is 127. The van der Waals surface area contributed by atoms with Crippen LogP contribution in [0.5, 0.6) is 0 Å². The van der Waals surface area contributed by atoms with Gasteiger partial charge in [-0.2, -0.15) is 4.98 Å². The van der Waals surface area contributed by atoms with E-state index in [-0.39, 0.29) is 30.1 Å². The third-order valence-corrected chi connectivity index (χ3v) is 4.78. The minimum atomic E-state index is -0.154. The molecular weight excluding hydrogens is 445 g/mol. The van der Waals surface area contributed by atoms with Crippen molar-refractivity contribution in [1.29, 1.82) is 0 Å². The van der Waals surface area contributed by atoms with E-state index in [9.17, 15) is 0 Å². The molecule has 1 atom stereocenters. The first-order valence-corrected chi connectivity index (χ1v) is 9.57. The van der Waals surface area contributed by atoms with Crippen molar-refractivity contribution in [3.05, 3.63) is 11.7 Å². The molecule has 1 aromatic rings. The summed E-state index contributed by atoms with van der Waals surface area (Å²) in [4.78, 5) is 8.67. The fourth-order valence-corrected chi connectivity index (χ4v) is 3.38. The number of guanidine groups is 1. The van der Waals surface area contributed by atoms with Gasteiger partial charge in [-0.1, -0.05) is 24.9 Å². The SMILES string of the molecule is CCCC1CCC(NC(=NC)NCc2nc(C(C)OCC)no2)CC1.I. The first-order valence-electron chi connectivity index (χ1n) is 9.57. The van der Waals surface area contributed by atoms with E-state index in [2.05, 4.69) is 32.7 Å². The molecule has 1 fully saturated rings. The van der Waals surface area contributed by atoms with Gasteiger partial charge in [0.15, 0.2) is 11.8 Å². The highest BCUT2D eigenvalue weighted by molar-refractivity contribution is 14.0. The van der Waals surface area contributed by atoms with Crippen molar-refractivity contribution in [1.82, 2.24) is 20.8 Å². The molecule has 0 aliphatic heterocycles. The maximum absolute atomic E-state index is 5.47. The number of aliphatic imine (C=N–C) groups is 1. The molecule has 0 spiro atoms. The summed E-state index contributed by atoms with van der Waals surface area (Å²) in [6.45, 7) is 7.22. The molecule has 1 saturated carbocycles. The third-order valence-electron chi connectivity index (χ3n) is 4.78. The zero-order valence-electron chi connectivity index (χ0n) is 16.5. The van der Waals surface area contributed by atoms with Crippen LogP contribution in [0.15, 0.2) is 9.52 Å². The fraction of sp³-hybridized carbons (Fsp3) is 0.833. The van der Waals surface area contributed by atoms with E-state index in [0.29, 0.717) is 30.9 Å². The van der Waals surface area contributed by atoms with Crippen molar-refractivity contribution in [2.75, 3.05) is 13.7 Å². The quantitative estimate of drug-likeness (QED) is 0.335. The Hall–Kier alpha value is -0.900. The van der Waals surface area contributed by atoms with Crippen LogP contribution in [0.1, 0.15) is 77.1 Å². The molecule has 150 valence electrons. The molecule has 1 heterocycles.